The lowest BCUT2D eigenvalue weighted by Crippen LogP contribution is -2.11. The number of para-hydroxylation sites is 1. The number of benzene rings is 10. The van der Waals surface area contributed by atoms with Crippen molar-refractivity contribution in [3.63, 3.8) is 0 Å². The van der Waals surface area contributed by atoms with E-state index in [2.05, 4.69) is 217 Å². The van der Waals surface area contributed by atoms with Gasteiger partial charge in [-0.15, -0.1) is 0 Å². The molecule has 10 rings (SSSR count). The van der Waals surface area contributed by atoms with Gasteiger partial charge in [0.25, 0.3) is 0 Å². The Morgan fingerprint density at radius 2 is 0.679 bits per heavy atom. The Kier molecular flexibility index (Phi) is 7.55. The first-order chi connectivity index (χ1) is 26.3. The highest BCUT2D eigenvalue weighted by atomic mass is 15.1. The molecule has 0 saturated heterocycles. The van der Waals surface area contributed by atoms with E-state index in [4.69, 9.17) is 0 Å². The number of nitrogens with zero attached hydrogens (tertiary/aromatic N) is 1. The molecule has 0 bridgehead atoms. The molecule has 0 saturated carbocycles. The van der Waals surface area contributed by atoms with Crippen molar-refractivity contribution in [3.05, 3.63) is 212 Å². The van der Waals surface area contributed by atoms with Gasteiger partial charge in [0, 0.05) is 16.9 Å². The summed E-state index contributed by atoms with van der Waals surface area (Å²) in [4.78, 5) is 2.39. The molecule has 0 aliphatic carbocycles. The van der Waals surface area contributed by atoms with Crippen LogP contribution in [0.5, 0.6) is 0 Å². The Hall–Kier alpha value is -6.96. The molecule has 10 aromatic carbocycles. The first-order valence-corrected chi connectivity index (χ1v) is 18.3. The standard InChI is InChI=1S/C52H35N/c1-5-13-36(14-6-1)42-27-34-50(49(35-42)38-17-9-3-10-18-38)53(43-19-11-4-12-20-43)44-28-21-39(22-29-44)46-31-24-41-25-32-47-45(37-15-7-2-8-16-37)30-23-40-26-33-48(46)52(41)51(40)47/h1-35H. The molecule has 10 aromatic rings. The van der Waals surface area contributed by atoms with Crippen LogP contribution in [0.25, 0.3) is 76.8 Å². The van der Waals surface area contributed by atoms with Crippen LogP contribution in [0.4, 0.5) is 17.1 Å². The van der Waals surface area contributed by atoms with E-state index in [0.717, 1.165) is 17.1 Å². The van der Waals surface area contributed by atoms with Crippen molar-refractivity contribution in [1.82, 2.24) is 0 Å². The summed E-state index contributed by atoms with van der Waals surface area (Å²) in [5.74, 6) is 0. The largest absolute Gasteiger partial charge is 0.310 e. The summed E-state index contributed by atoms with van der Waals surface area (Å²) in [6.07, 6.45) is 0. The summed E-state index contributed by atoms with van der Waals surface area (Å²) in [7, 11) is 0. The molecular weight excluding hydrogens is 639 g/mol. The maximum atomic E-state index is 2.39. The fourth-order valence-electron chi connectivity index (χ4n) is 8.11. The monoisotopic (exact) mass is 673 g/mol. The summed E-state index contributed by atoms with van der Waals surface area (Å²) in [6, 6.07) is 77.1. The van der Waals surface area contributed by atoms with E-state index < -0.39 is 0 Å². The van der Waals surface area contributed by atoms with E-state index in [1.165, 1.54) is 76.8 Å². The highest BCUT2D eigenvalue weighted by Crippen LogP contribution is 2.45. The van der Waals surface area contributed by atoms with Crippen LogP contribution in [0.15, 0.2) is 212 Å². The van der Waals surface area contributed by atoms with Gasteiger partial charge in [0.2, 0.25) is 0 Å². The Morgan fingerprint density at radius 3 is 1.23 bits per heavy atom. The van der Waals surface area contributed by atoms with Gasteiger partial charge in [-0.3, -0.25) is 0 Å². The second kappa shape index (κ2) is 13.0. The minimum absolute atomic E-state index is 1.11. The van der Waals surface area contributed by atoms with Crippen LogP contribution >= 0.6 is 0 Å². The molecule has 0 spiro atoms. The van der Waals surface area contributed by atoms with Crippen molar-refractivity contribution < 1.29 is 0 Å². The lowest BCUT2D eigenvalue weighted by molar-refractivity contribution is 1.28. The Morgan fingerprint density at radius 1 is 0.264 bits per heavy atom. The quantitative estimate of drug-likeness (QED) is 0.152. The zero-order valence-electron chi connectivity index (χ0n) is 29.2. The molecule has 0 aliphatic heterocycles. The van der Waals surface area contributed by atoms with Gasteiger partial charge in [0.15, 0.2) is 0 Å². The lowest BCUT2D eigenvalue weighted by atomic mass is 9.87. The molecule has 0 heterocycles. The molecular formula is C52H35N. The summed E-state index contributed by atoms with van der Waals surface area (Å²) >= 11 is 0. The summed E-state index contributed by atoms with van der Waals surface area (Å²) < 4.78 is 0. The van der Waals surface area contributed by atoms with Gasteiger partial charge in [-0.25, -0.2) is 0 Å². The third kappa shape index (κ3) is 5.42. The molecule has 1 nitrogen and oxygen atoms in total. The molecule has 0 fully saturated rings. The van der Waals surface area contributed by atoms with Crippen LogP contribution in [-0.2, 0) is 0 Å². The van der Waals surface area contributed by atoms with Crippen LogP contribution < -0.4 is 4.90 Å². The average Bonchev–Trinajstić information content (AvgIpc) is 3.24. The first-order valence-electron chi connectivity index (χ1n) is 18.3. The van der Waals surface area contributed by atoms with Crippen LogP contribution in [-0.4, -0.2) is 0 Å². The normalized spacial score (nSPS) is 11.4. The molecule has 248 valence electrons. The van der Waals surface area contributed by atoms with E-state index in [-0.39, 0.29) is 0 Å². The van der Waals surface area contributed by atoms with E-state index >= 15 is 0 Å². The molecule has 0 aliphatic rings. The molecule has 0 radical (unpaired) electrons. The third-order valence-corrected chi connectivity index (χ3v) is 10.6. The Balaban J connectivity index is 1.11. The van der Waals surface area contributed by atoms with Gasteiger partial charge in [-0.05, 0) is 108 Å². The molecule has 0 unspecified atom stereocenters. The summed E-state index contributed by atoms with van der Waals surface area (Å²) in [5.41, 5.74) is 13.1. The molecule has 1 heteroatoms. The predicted octanol–water partition coefficient (Wildman–Crippen LogP) is 14.7. The van der Waals surface area contributed by atoms with Crippen molar-refractivity contribution in [2.24, 2.45) is 0 Å². The van der Waals surface area contributed by atoms with Crippen molar-refractivity contribution in [1.29, 1.82) is 0 Å². The van der Waals surface area contributed by atoms with Gasteiger partial charge in [-0.1, -0.05) is 176 Å². The molecule has 0 aromatic heterocycles. The lowest BCUT2D eigenvalue weighted by Gasteiger charge is -2.28. The van der Waals surface area contributed by atoms with Crippen molar-refractivity contribution in [2.45, 2.75) is 0 Å². The van der Waals surface area contributed by atoms with Gasteiger partial charge in [-0.2, -0.15) is 0 Å². The zero-order valence-corrected chi connectivity index (χ0v) is 29.2. The Labute approximate surface area is 310 Å². The summed E-state index contributed by atoms with van der Waals surface area (Å²) in [6.45, 7) is 0. The minimum atomic E-state index is 1.11. The summed E-state index contributed by atoms with van der Waals surface area (Å²) in [5, 5.41) is 7.79. The molecule has 53 heavy (non-hydrogen) atoms. The van der Waals surface area contributed by atoms with Crippen molar-refractivity contribution in [2.75, 3.05) is 4.90 Å². The fourth-order valence-corrected chi connectivity index (χ4v) is 8.11. The number of hydrogen-bond acceptors (Lipinski definition) is 1. The van der Waals surface area contributed by atoms with Crippen LogP contribution in [0.1, 0.15) is 0 Å². The first kappa shape index (κ1) is 30.8. The topological polar surface area (TPSA) is 3.24 Å². The average molecular weight is 674 g/mol. The smallest absolute Gasteiger partial charge is 0.0540 e. The third-order valence-electron chi connectivity index (χ3n) is 10.6. The molecule has 0 atom stereocenters. The van der Waals surface area contributed by atoms with E-state index in [9.17, 15) is 0 Å². The fraction of sp³-hybridized carbons (Fsp3) is 0. The van der Waals surface area contributed by atoms with Crippen LogP contribution in [0.3, 0.4) is 0 Å². The second-order valence-electron chi connectivity index (χ2n) is 13.7. The number of hydrogen-bond donors (Lipinski definition) is 0. The highest BCUT2D eigenvalue weighted by molar-refractivity contribution is 6.27. The van der Waals surface area contributed by atoms with Gasteiger partial charge < -0.3 is 4.90 Å². The van der Waals surface area contributed by atoms with E-state index in [1.54, 1.807) is 0 Å². The Bertz CT molecular complexity index is 2840. The highest BCUT2D eigenvalue weighted by Gasteiger charge is 2.19. The van der Waals surface area contributed by atoms with E-state index in [1.807, 2.05) is 0 Å². The van der Waals surface area contributed by atoms with Gasteiger partial charge in [0.1, 0.15) is 0 Å². The minimum Gasteiger partial charge on any atom is -0.310 e. The SMILES string of the molecule is c1ccc(-c2ccc(N(c3ccccc3)c3ccc(-c4ccc5ccc6c(-c7ccccc7)ccc7ccc4c5c76)cc3)c(-c3ccccc3)c2)cc1. The second-order valence-corrected chi connectivity index (χ2v) is 13.7. The number of anilines is 3. The molecule has 0 amide bonds. The van der Waals surface area contributed by atoms with Crippen LogP contribution in [0.2, 0.25) is 0 Å². The van der Waals surface area contributed by atoms with Gasteiger partial charge in [0.05, 0.1) is 5.69 Å². The maximum absolute atomic E-state index is 2.39. The van der Waals surface area contributed by atoms with Crippen LogP contribution in [0, 0.1) is 0 Å². The van der Waals surface area contributed by atoms with Crippen molar-refractivity contribution >= 4 is 49.4 Å². The number of rotatable bonds is 7. The van der Waals surface area contributed by atoms with Crippen molar-refractivity contribution in [3.8, 4) is 44.5 Å². The van der Waals surface area contributed by atoms with Gasteiger partial charge >= 0.3 is 0 Å². The molecule has 0 N–H and O–H groups in total. The predicted molar refractivity (Wildman–Crippen MR) is 227 cm³/mol. The maximum Gasteiger partial charge on any atom is 0.0540 e. The van der Waals surface area contributed by atoms with E-state index in [0.29, 0.717) is 0 Å². The zero-order chi connectivity index (χ0) is 35.1.